The molecule has 1 aliphatic carbocycles. The van der Waals surface area contributed by atoms with E-state index in [1.54, 1.807) is 11.3 Å². The average molecular weight is 310 g/mol. The number of rotatable bonds is 5. The number of aliphatic carboxylic acids is 1. The summed E-state index contributed by atoms with van der Waals surface area (Å²) in [6.45, 7) is 2.63. The van der Waals surface area contributed by atoms with Crippen molar-refractivity contribution in [2.45, 2.75) is 51.6 Å². The van der Waals surface area contributed by atoms with Gasteiger partial charge in [0.2, 0.25) is 0 Å². The molecule has 1 saturated carbocycles. The predicted octanol–water partition coefficient (Wildman–Crippen LogP) is 2.75. The number of carboxylic acid groups (broad SMARTS) is 1. The standard InChI is InChI=1S/C15H22N2O3S/c1-2-12-6-7-13(21-12)9-16-15(20)17-11-5-3-4-10(8-11)14(18)19/h6-7,10-11H,2-5,8-9H2,1H3,(H,18,19)(H2,16,17,20). The van der Waals surface area contributed by atoms with Crippen molar-refractivity contribution in [1.29, 1.82) is 0 Å². The molecular weight excluding hydrogens is 288 g/mol. The Hall–Kier alpha value is -1.56. The molecule has 2 atom stereocenters. The third-order valence-corrected chi connectivity index (χ3v) is 5.08. The van der Waals surface area contributed by atoms with Gasteiger partial charge in [0, 0.05) is 15.8 Å². The molecular formula is C15H22N2O3S. The quantitative estimate of drug-likeness (QED) is 0.782. The molecule has 116 valence electrons. The summed E-state index contributed by atoms with van der Waals surface area (Å²) in [5, 5.41) is 14.8. The van der Waals surface area contributed by atoms with Gasteiger partial charge in [-0.15, -0.1) is 11.3 Å². The van der Waals surface area contributed by atoms with E-state index in [9.17, 15) is 9.59 Å². The minimum atomic E-state index is -0.757. The molecule has 21 heavy (non-hydrogen) atoms. The Labute approximate surface area is 128 Å². The van der Waals surface area contributed by atoms with Crippen LogP contribution in [0.5, 0.6) is 0 Å². The third kappa shape index (κ3) is 4.74. The first kappa shape index (κ1) is 15.8. The summed E-state index contributed by atoms with van der Waals surface area (Å²) in [7, 11) is 0. The van der Waals surface area contributed by atoms with Gasteiger partial charge in [0.1, 0.15) is 0 Å². The SMILES string of the molecule is CCc1ccc(CNC(=O)NC2CCCC(C(=O)O)C2)s1. The topological polar surface area (TPSA) is 78.4 Å². The monoisotopic (exact) mass is 310 g/mol. The molecule has 1 fully saturated rings. The molecule has 1 aliphatic rings. The van der Waals surface area contributed by atoms with E-state index in [-0.39, 0.29) is 18.0 Å². The lowest BCUT2D eigenvalue weighted by Crippen LogP contribution is -2.44. The predicted molar refractivity (Wildman–Crippen MR) is 82.5 cm³/mol. The Bertz CT molecular complexity index is 501. The number of thiophene rings is 1. The molecule has 1 aromatic heterocycles. The zero-order valence-corrected chi connectivity index (χ0v) is 13.0. The van der Waals surface area contributed by atoms with Crippen molar-refractivity contribution in [2.75, 3.05) is 0 Å². The van der Waals surface area contributed by atoms with Gasteiger partial charge in [-0.25, -0.2) is 4.79 Å². The molecule has 2 unspecified atom stereocenters. The van der Waals surface area contributed by atoms with Gasteiger partial charge in [0.05, 0.1) is 12.5 Å². The van der Waals surface area contributed by atoms with Crippen molar-refractivity contribution < 1.29 is 14.7 Å². The van der Waals surface area contributed by atoms with E-state index in [4.69, 9.17) is 5.11 Å². The first-order valence-corrected chi connectivity index (χ1v) is 8.25. The van der Waals surface area contributed by atoms with Crippen LogP contribution in [0.2, 0.25) is 0 Å². The van der Waals surface area contributed by atoms with Crippen LogP contribution in [-0.4, -0.2) is 23.1 Å². The maximum atomic E-state index is 11.9. The molecule has 0 aliphatic heterocycles. The number of carbonyl (C=O) groups is 2. The van der Waals surface area contributed by atoms with Gasteiger partial charge in [-0.3, -0.25) is 4.79 Å². The molecule has 0 spiro atoms. The maximum Gasteiger partial charge on any atom is 0.315 e. The lowest BCUT2D eigenvalue weighted by atomic mass is 9.86. The van der Waals surface area contributed by atoms with Crippen LogP contribution in [-0.2, 0) is 17.8 Å². The van der Waals surface area contributed by atoms with E-state index in [0.717, 1.165) is 24.1 Å². The van der Waals surface area contributed by atoms with Crippen molar-refractivity contribution in [3.05, 3.63) is 21.9 Å². The fraction of sp³-hybridized carbons (Fsp3) is 0.600. The van der Waals surface area contributed by atoms with Gasteiger partial charge < -0.3 is 15.7 Å². The number of urea groups is 1. The van der Waals surface area contributed by atoms with Crippen LogP contribution in [0, 0.1) is 5.92 Å². The minimum absolute atomic E-state index is 0.0330. The molecule has 2 amide bonds. The van der Waals surface area contributed by atoms with Crippen LogP contribution in [0.15, 0.2) is 12.1 Å². The lowest BCUT2D eigenvalue weighted by Gasteiger charge is -2.27. The fourth-order valence-electron chi connectivity index (χ4n) is 2.66. The molecule has 0 aromatic carbocycles. The van der Waals surface area contributed by atoms with Gasteiger partial charge in [0.25, 0.3) is 0 Å². The van der Waals surface area contributed by atoms with E-state index in [2.05, 4.69) is 23.6 Å². The van der Waals surface area contributed by atoms with Crippen molar-refractivity contribution >= 4 is 23.3 Å². The van der Waals surface area contributed by atoms with Crippen LogP contribution < -0.4 is 10.6 Å². The van der Waals surface area contributed by atoms with E-state index >= 15 is 0 Å². The van der Waals surface area contributed by atoms with Crippen molar-refractivity contribution in [2.24, 2.45) is 5.92 Å². The van der Waals surface area contributed by atoms with Crippen molar-refractivity contribution in [1.82, 2.24) is 10.6 Å². The van der Waals surface area contributed by atoms with Crippen molar-refractivity contribution in [3.8, 4) is 0 Å². The second-order valence-electron chi connectivity index (χ2n) is 5.45. The Morgan fingerprint density at radius 3 is 2.76 bits per heavy atom. The molecule has 5 nitrogen and oxygen atoms in total. The molecule has 6 heteroatoms. The Balaban J connectivity index is 1.75. The highest BCUT2D eigenvalue weighted by Gasteiger charge is 2.27. The molecule has 1 heterocycles. The number of aryl methyl sites for hydroxylation is 1. The summed E-state index contributed by atoms with van der Waals surface area (Å²) in [6.07, 6.45) is 3.96. The highest BCUT2D eigenvalue weighted by Crippen LogP contribution is 2.24. The van der Waals surface area contributed by atoms with E-state index in [1.807, 2.05) is 6.07 Å². The van der Waals surface area contributed by atoms with E-state index in [0.29, 0.717) is 19.4 Å². The van der Waals surface area contributed by atoms with Crippen LogP contribution in [0.25, 0.3) is 0 Å². The number of amides is 2. The third-order valence-electron chi connectivity index (χ3n) is 3.85. The Morgan fingerprint density at radius 1 is 1.33 bits per heavy atom. The van der Waals surface area contributed by atoms with Crippen LogP contribution in [0.4, 0.5) is 4.79 Å². The molecule has 0 bridgehead atoms. The molecule has 2 rings (SSSR count). The fourth-order valence-corrected chi connectivity index (χ4v) is 3.55. The molecule has 0 radical (unpaired) electrons. The number of carbonyl (C=O) groups excluding carboxylic acids is 1. The van der Waals surface area contributed by atoms with E-state index in [1.165, 1.54) is 4.88 Å². The second kappa shape index (κ2) is 7.45. The minimum Gasteiger partial charge on any atom is -0.481 e. The highest BCUT2D eigenvalue weighted by molar-refractivity contribution is 7.11. The summed E-state index contributed by atoms with van der Waals surface area (Å²) in [5.41, 5.74) is 0. The Morgan fingerprint density at radius 2 is 2.10 bits per heavy atom. The average Bonchev–Trinajstić information content (AvgIpc) is 2.93. The number of carboxylic acids is 1. The largest absolute Gasteiger partial charge is 0.481 e. The summed E-state index contributed by atoms with van der Waals surface area (Å²) >= 11 is 1.71. The van der Waals surface area contributed by atoms with Gasteiger partial charge in [-0.1, -0.05) is 13.3 Å². The van der Waals surface area contributed by atoms with Crippen LogP contribution >= 0.6 is 11.3 Å². The van der Waals surface area contributed by atoms with Gasteiger partial charge in [0.15, 0.2) is 0 Å². The Kier molecular flexibility index (Phi) is 5.61. The lowest BCUT2D eigenvalue weighted by molar-refractivity contribution is -0.143. The van der Waals surface area contributed by atoms with Crippen LogP contribution in [0.1, 0.15) is 42.4 Å². The second-order valence-corrected chi connectivity index (χ2v) is 6.70. The smallest absolute Gasteiger partial charge is 0.315 e. The summed E-state index contributed by atoms with van der Waals surface area (Å²) in [6, 6.07) is 3.87. The summed E-state index contributed by atoms with van der Waals surface area (Å²) in [5.74, 6) is -1.08. The molecule has 3 N–H and O–H groups in total. The summed E-state index contributed by atoms with van der Waals surface area (Å²) < 4.78 is 0. The first-order chi connectivity index (χ1) is 10.1. The molecule has 1 aromatic rings. The van der Waals surface area contributed by atoms with Crippen molar-refractivity contribution in [3.63, 3.8) is 0 Å². The first-order valence-electron chi connectivity index (χ1n) is 7.43. The molecule has 0 saturated heterocycles. The number of hydrogen-bond donors (Lipinski definition) is 3. The number of nitrogens with one attached hydrogen (secondary N) is 2. The van der Waals surface area contributed by atoms with Crippen LogP contribution in [0.3, 0.4) is 0 Å². The maximum absolute atomic E-state index is 11.9. The zero-order chi connectivity index (χ0) is 15.2. The number of hydrogen-bond acceptors (Lipinski definition) is 3. The zero-order valence-electron chi connectivity index (χ0n) is 12.2. The van der Waals surface area contributed by atoms with E-state index < -0.39 is 5.97 Å². The van der Waals surface area contributed by atoms with Gasteiger partial charge in [-0.05, 0) is 37.8 Å². The van der Waals surface area contributed by atoms with Gasteiger partial charge in [-0.2, -0.15) is 0 Å². The highest BCUT2D eigenvalue weighted by atomic mass is 32.1. The normalized spacial score (nSPS) is 21.8. The van der Waals surface area contributed by atoms with Gasteiger partial charge >= 0.3 is 12.0 Å². The summed E-state index contributed by atoms with van der Waals surface area (Å²) in [4.78, 5) is 25.3.